The van der Waals surface area contributed by atoms with Gasteiger partial charge in [0.15, 0.2) is 5.82 Å². The first-order chi connectivity index (χ1) is 37.1. The third-order valence-corrected chi connectivity index (χ3v) is 14.0. The summed E-state index contributed by atoms with van der Waals surface area (Å²) < 4.78 is 6.87. The highest BCUT2D eigenvalue weighted by Gasteiger charge is 2.21. The van der Waals surface area contributed by atoms with Gasteiger partial charge in [0, 0.05) is 58.0 Å². The Balaban J connectivity index is 0.980. The minimum Gasteiger partial charge on any atom is -0.420 e. The van der Waals surface area contributed by atoms with E-state index in [-0.39, 0.29) is 0 Å². The number of pyridine rings is 3. The lowest BCUT2D eigenvalue weighted by molar-refractivity contribution is 0.446. The first kappa shape index (κ1) is 45.0. The fourth-order valence-corrected chi connectivity index (χ4v) is 10.2. The van der Waals surface area contributed by atoms with Crippen molar-refractivity contribution >= 4 is 0 Å². The van der Waals surface area contributed by atoms with Crippen LogP contribution in [0.2, 0.25) is 0 Å². The van der Waals surface area contributed by atoms with Crippen molar-refractivity contribution in [2.24, 2.45) is 0 Å². The van der Waals surface area contributed by atoms with Crippen molar-refractivity contribution < 1.29 is 4.74 Å². The Morgan fingerprint density at radius 3 is 1.25 bits per heavy atom. The minimum atomic E-state index is 0.413. The third kappa shape index (κ3) is 9.29. The predicted octanol–water partition coefficient (Wildman–Crippen LogP) is 17.2. The van der Waals surface area contributed by atoms with Crippen molar-refractivity contribution in [2.75, 3.05) is 0 Å². The van der Waals surface area contributed by atoms with Crippen LogP contribution in [0.1, 0.15) is 11.1 Å². The van der Waals surface area contributed by atoms with Crippen LogP contribution >= 0.6 is 0 Å². The lowest BCUT2D eigenvalue weighted by Gasteiger charge is -2.18. The summed E-state index contributed by atoms with van der Waals surface area (Å²) in [6.45, 7) is 0. The standard InChI is InChI=1S/C69H47N5O/c1-3-18-48(19-4-1)64-36-34-52(43-70-64)57-24-7-9-26-59(57)54-40-55(60-27-10-8-25-58(60)53-35-37-65(71-44-53)49-20-5-2-6-21-49)42-56(41-54)61-28-11-12-29-62(61)63-45-72-68-51-23-14-17-47(39-51)33-32-46-16-13-22-50(38-46)66-30-15-31-67(73-66)75-69(63)74-68/h1-31,34-45H,32-33H2. The highest BCUT2D eigenvalue weighted by atomic mass is 16.5. The molecule has 8 aromatic carbocycles. The molecule has 0 saturated carbocycles. The number of aromatic nitrogens is 5. The molecule has 0 amide bonds. The van der Waals surface area contributed by atoms with Gasteiger partial charge in [-0.2, -0.15) is 4.98 Å². The number of hydrogen-bond acceptors (Lipinski definition) is 6. The molecule has 0 aliphatic carbocycles. The summed E-state index contributed by atoms with van der Waals surface area (Å²) in [6.07, 6.45) is 7.65. The zero-order valence-corrected chi connectivity index (χ0v) is 40.9. The Bertz CT molecular complexity index is 3880. The summed E-state index contributed by atoms with van der Waals surface area (Å²) in [4.78, 5) is 25.3. The van der Waals surface area contributed by atoms with Crippen molar-refractivity contribution in [3.63, 3.8) is 0 Å². The molecule has 4 aromatic heterocycles. The molecule has 0 fully saturated rings. The van der Waals surface area contributed by atoms with E-state index in [0.29, 0.717) is 17.6 Å². The molecule has 1 aliphatic heterocycles. The SMILES string of the molecule is c1ccc(-c2ccc(-c3ccccc3-c3cc(-c4ccccc4-c4ccc(-c5ccccc5)nc4)cc(-c4ccccc4-c4cnc5nc4Oc4cccc(n4)-c4cccc(c4)CCc4cccc-5c4)c3)cn2)cc1. The second kappa shape index (κ2) is 19.9. The zero-order chi connectivity index (χ0) is 49.9. The average molecular weight is 962 g/mol. The number of rotatable bonds is 8. The Kier molecular flexibility index (Phi) is 12.0. The number of benzene rings is 8. The summed E-state index contributed by atoms with van der Waals surface area (Å²) in [5, 5.41) is 0. The van der Waals surface area contributed by atoms with Crippen LogP contribution < -0.4 is 4.74 Å². The first-order valence-corrected chi connectivity index (χ1v) is 25.3. The van der Waals surface area contributed by atoms with E-state index < -0.39 is 0 Å². The summed E-state index contributed by atoms with van der Waals surface area (Å²) in [5.41, 5.74) is 21.4. The van der Waals surface area contributed by atoms with E-state index >= 15 is 0 Å². The molecule has 0 saturated heterocycles. The van der Waals surface area contributed by atoms with Crippen LogP contribution in [-0.4, -0.2) is 24.9 Å². The number of aryl methyl sites for hydroxylation is 2. The smallest absolute Gasteiger partial charge is 0.232 e. The second-order valence-corrected chi connectivity index (χ2v) is 18.8. The van der Waals surface area contributed by atoms with Gasteiger partial charge in [-0.05, 0) is 123 Å². The minimum absolute atomic E-state index is 0.413. The van der Waals surface area contributed by atoms with Crippen molar-refractivity contribution in [3.05, 3.63) is 272 Å². The Morgan fingerprint density at radius 1 is 0.267 bits per heavy atom. The van der Waals surface area contributed by atoms with Crippen LogP contribution in [0.15, 0.2) is 261 Å². The lowest BCUT2D eigenvalue weighted by atomic mass is 9.86. The largest absolute Gasteiger partial charge is 0.420 e. The maximum Gasteiger partial charge on any atom is 0.232 e. The van der Waals surface area contributed by atoms with Crippen molar-refractivity contribution in [1.29, 1.82) is 0 Å². The van der Waals surface area contributed by atoms with Gasteiger partial charge in [0.1, 0.15) is 0 Å². The van der Waals surface area contributed by atoms with E-state index in [1.54, 1.807) is 0 Å². The first-order valence-electron chi connectivity index (χ1n) is 25.3. The molecule has 0 atom stereocenters. The Labute approximate surface area is 436 Å². The molecule has 0 N–H and O–H groups in total. The highest BCUT2D eigenvalue weighted by molar-refractivity contribution is 5.94. The van der Waals surface area contributed by atoms with Gasteiger partial charge in [-0.3, -0.25) is 9.97 Å². The molecule has 1 aliphatic rings. The zero-order valence-electron chi connectivity index (χ0n) is 40.9. The predicted molar refractivity (Wildman–Crippen MR) is 304 cm³/mol. The average Bonchev–Trinajstić information content (AvgIpc) is 3.50. The lowest BCUT2D eigenvalue weighted by Crippen LogP contribution is -2.00. The van der Waals surface area contributed by atoms with E-state index in [0.717, 1.165) is 119 Å². The van der Waals surface area contributed by atoms with E-state index in [9.17, 15) is 0 Å². The topological polar surface area (TPSA) is 73.7 Å². The van der Waals surface area contributed by atoms with E-state index in [1.807, 2.05) is 73.2 Å². The van der Waals surface area contributed by atoms with Gasteiger partial charge < -0.3 is 4.74 Å². The summed E-state index contributed by atoms with van der Waals surface area (Å²) in [6, 6.07) is 84.8. The molecule has 6 nitrogen and oxygen atoms in total. The van der Waals surface area contributed by atoms with E-state index in [2.05, 4.69) is 188 Å². The van der Waals surface area contributed by atoms with Gasteiger partial charge >= 0.3 is 0 Å². The number of ether oxygens (including phenoxy) is 1. The Morgan fingerprint density at radius 2 is 0.720 bits per heavy atom. The monoisotopic (exact) mass is 961 g/mol. The van der Waals surface area contributed by atoms with Crippen molar-refractivity contribution in [1.82, 2.24) is 24.9 Å². The molecule has 0 spiro atoms. The Hall–Kier alpha value is -9.91. The van der Waals surface area contributed by atoms with Gasteiger partial charge in [0.2, 0.25) is 11.8 Å². The van der Waals surface area contributed by atoms with Crippen molar-refractivity contribution in [2.45, 2.75) is 12.8 Å². The van der Waals surface area contributed by atoms with Crippen LogP contribution in [0.5, 0.6) is 11.8 Å². The van der Waals surface area contributed by atoms with Crippen molar-refractivity contribution in [3.8, 4) is 124 Å². The maximum atomic E-state index is 6.87. The molecule has 8 bridgehead atoms. The van der Waals surface area contributed by atoms with Crippen LogP contribution in [0.3, 0.4) is 0 Å². The molecule has 12 aromatic rings. The van der Waals surface area contributed by atoms with Gasteiger partial charge in [0.05, 0.1) is 22.6 Å². The number of fused-ring (bicyclic) bond motifs is 10. The molecule has 0 unspecified atom stereocenters. The fraction of sp³-hybridized carbons (Fsp3) is 0.0290. The molecule has 13 rings (SSSR count). The quantitative estimate of drug-likeness (QED) is 0.151. The van der Waals surface area contributed by atoms with Gasteiger partial charge in [-0.25, -0.2) is 9.97 Å². The summed E-state index contributed by atoms with van der Waals surface area (Å²) in [7, 11) is 0. The number of nitrogens with zero attached hydrogens (tertiary/aromatic N) is 5. The maximum absolute atomic E-state index is 6.87. The van der Waals surface area contributed by atoms with E-state index in [4.69, 9.17) is 29.7 Å². The van der Waals surface area contributed by atoms with Gasteiger partial charge in [0.25, 0.3) is 0 Å². The van der Waals surface area contributed by atoms with Gasteiger partial charge in [-0.1, -0.05) is 188 Å². The van der Waals surface area contributed by atoms with Crippen LogP contribution in [0.25, 0.3) is 112 Å². The molecular formula is C69H47N5O. The fourth-order valence-electron chi connectivity index (χ4n) is 10.2. The molecule has 354 valence electrons. The molecular weight excluding hydrogens is 915 g/mol. The van der Waals surface area contributed by atoms with Gasteiger partial charge in [-0.15, -0.1) is 0 Å². The molecule has 6 heteroatoms. The van der Waals surface area contributed by atoms with Crippen LogP contribution in [-0.2, 0) is 12.8 Å². The highest BCUT2D eigenvalue weighted by Crippen LogP contribution is 2.44. The molecule has 0 radical (unpaired) electrons. The van der Waals surface area contributed by atoms with E-state index in [1.165, 1.54) is 11.1 Å². The molecule has 5 heterocycles. The normalized spacial score (nSPS) is 11.7. The summed E-state index contributed by atoms with van der Waals surface area (Å²) >= 11 is 0. The second-order valence-electron chi connectivity index (χ2n) is 18.8. The summed E-state index contributed by atoms with van der Waals surface area (Å²) in [5.74, 6) is 1.44. The number of hydrogen-bond donors (Lipinski definition) is 0. The molecule has 75 heavy (non-hydrogen) atoms. The third-order valence-electron chi connectivity index (χ3n) is 14.0. The van der Waals surface area contributed by atoms with Crippen LogP contribution in [0, 0.1) is 0 Å². The van der Waals surface area contributed by atoms with Crippen LogP contribution in [0.4, 0.5) is 0 Å².